The number of ether oxygens (including phenoxy) is 1. The molecule has 9 heteroatoms. The highest BCUT2D eigenvalue weighted by atomic mass is 127. The summed E-state index contributed by atoms with van der Waals surface area (Å²) in [6.45, 7) is 0. The Kier molecular flexibility index (Phi) is 3.84. The summed E-state index contributed by atoms with van der Waals surface area (Å²) in [5, 5.41) is 8.07. The molecule has 0 saturated carbocycles. The Morgan fingerprint density at radius 1 is 1.56 bits per heavy atom. The van der Waals surface area contributed by atoms with Crippen LogP contribution >= 0.6 is 34.2 Å². The van der Waals surface area contributed by atoms with E-state index in [0.717, 1.165) is 0 Å². The summed E-state index contributed by atoms with van der Waals surface area (Å²) in [5.41, 5.74) is -0.417. The first-order chi connectivity index (χ1) is 7.22. The smallest absolute Gasteiger partial charge is 0.503 e. The number of pyridine rings is 1. The molecule has 0 saturated heterocycles. The van der Waals surface area contributed by atoms with Crippen LogP contribution in [0.5, 0.6) is 11.5 Å². The Labute approximate surface area is 106 Å². The molecule has 16 heavy (non-hydrogen) atoms. The van der Waals surface area contributed by atoms with Crippen LogP contribution in [-0.2, 0) is 0 Å². The maximum Gasteiger partial charge on any atom is 0.573 e. The molecule has 0 aliphatic carbocycles. The second-order valence-corrected chi connectivity index (χ2v) is 3.88. The van der Waals surface area contributed by atoms with Crippen LogP contribution in [0.2, 0.25) is 0 Å². The van der Waals surface area contributed by atoms with Crippen molar-refractivity contribution in [2.75, 3.05) is 0 Å². The molecule has 0 unspecified atom stereocenters. The van der Waals surface area contributed by atoms with Crippen LogP contribution in [0.1, 0.15) is 10.5 Å². The predicted octanol–water partition coefficient (Wildman–Crippen LogP) is 2.67. The molecule has 1 heterocycles. The van der Waals surface area contributed by atoms with Gasteiger partial charge in [-0.15, -0.1) is 13.2 Å². The Bertz CT molecular complexity index is 438. The SMILES string of the molecule is O=C(Cl)c1ncc(O)c(OC(F)(F)F)c1I. The molecule has 0 spiro atoms. The number of hydrogen-bond acceptors (Lipinski definition) is 4. The molecule has 0 aliphatic heterocycles. The molecule has 0 amide bonds. The third kappa shape index (κ3) is 3.11. The van der Waals surface area contributed by atoms with E-state index in [1.54, 1.807) is 0 Å². The zero-order valence-corrected chi connectivity index (χ0v) is 10.1. The molecule has 1 rings (SSSR count). The summed E-state index contributed by atoms with van der Waals surface area (Å²) < 4.78 is 39.1. The molecule has 0 fully saturated rings. The summed E-state index contributed by atoms with van der Waals surface area (Å²) in [7, 11) is 0. The highest BCUT2D eigenvalue weighted by molar-refractivity contribution is 14.1. The number of hydrogen-bond donors (Lipinski definition) is 1. The molecule has 88 valence electrons. The third-order valence-corrected chi connectivity index (χ3v) is 2.54. The van der Waals surface area contributed by atoms with Crippen molar-refractivity contribution in [2.45, 2.75) is 6.36 Å². The first-order valence-corrected chi connectivity index (χ1v) is 5.01. The zero-order valence-electron chi connectivity index (χ0n) is 7.18. The number of halogens is 5. The topological polar surface area (TPSA) is 59.4 Å². The van der Waals surface area contributed by atoms with Crippen molar-refractivity contribution in [1.82, 2.24) is 4.98 Å². The number of aromatic hydroxyl groups is 1. The maximum atomic E-state index is 12.0. The van der Waals surface area contributed by atoms with Gasteiger partial charge in [-0.1, -0.05) is 0 Å². The van der Waals surface area contributed by atoms with Crippen molar-refractivity contribution in [3.05, 3.63) is 15.5 Å². The minimum absolute atomic E-state index is 0.310. The molecule has 4 nitrogen and oxygen atoms in total. The molecule has 1 aromatic heterocycles. The highest BCUT2D eigenvalue weighted by Crippen LogP contribution is 2.36. The van der Waals surface area contributed by atoms with Crippen LogP contribution in [-0.4, -0.2) is 21.7 Å². The fourth-order valence-corrected chi connectivity index (χ4v) is 1.88. The van der Waals surface area contributed by atoms with E-state index >= 15 is 0 Å². The maximum absolute atomic E-state index is 12.0. The van der Waals surface area contributed by atoms with E-state index in [9.17, 15) is 18.0 Å². The first-order valence-electron chi connectivity index (χ1n) is 3.55. The molecular formula is C7H2ClF3INO3. The number of aromatic nitrogens is 1. The van der Waals surface area contributed by atoms with E-state index < -0.39 is 28.8 Å². The number of alkyl halides is 3. The van der Waals surface area contributed by atoms with E-state index in [4.69, 9.17) is 16.7 Å². The van der Waals surface area contributed by atoms with Crippen molar-refractivity contribution in [3.63, 3.8) is 0 Å². The summed E-state index contributed by atoms with van der Waals surface area (Å²) in [4.78, 5) is 14.2. The zero-order chi connectivity index (χ0) is 12.5. The van der Waals surface area contributed by atoms with Crippen LogP contribution in [0.15, 0.2) is 6.20 Å². The highest BCUT2D eigenvalue weighted by Gasteiger charge is 2.34. The normalized spacial score (nSPS) is 11.3. The van der Waals surface area contributed by atoms with E-state index in [-0.39, 0.29) is 3.57 Å². The van der Waals surface area contributed by atoms with Gasteiger partial charge in [-0.2, -0.15) is 0 Å². The predicted molar refractivity (Wildman–Crippen MR) is 55.5 cm³/mol. The van der Waals surface area contributed by atoms with Gasteiger partial charge in [0.25, 0.3) is 5.24 Å². The standard InChI is InChI=1S/C7H2ClF3INO3/c8-6(15)4-3(12)5(2(14)1-13-4)16-7(9,10)11/h1,14H. The lowest BCUT2D eigenvalue weighted by atomic mass is 10.3. The van der Waals surface area contributed by atoms with Gasteiger partial charge in [0.05, 0.1) is 9.77 Å². The van der Waals surface area contributed by atoms with Crippen LogP contribution < -0.4 is 4.74 Å². The van der Waals surface area contributed by atoms with Crippen molar-refractivity contribution in [1.29, 1.82) is 0 Å². The van der Waals surface area contributed by atoms with E-state index in [1.807, 2.05) is 0 Å². The van der Waals surface area contributed by atoms with Gasteiger partial charge in [-0.3, -0.25) is 4.79 Å². The number of nitrogens with zero attached hydrogens (tertiary/aromatic N) is 1. The number of carbonyl (C=O) groups excluding carboxylic acids is 1. The lowest BCUT2D eigenvalue weighted by Gasteiger charge is -2.12. The lowest BCUT2D eigenvalue weighted by molar-refractivity contribution is -0.275. The minimum Gasteiger partial charge on any atom is -0.503 e. The Morgan fingerprint density at radius 2 is 2.12 bits per heavy atom. The van der Waals surface area contributed by atoms with Crippen molar-refractivity contribution in [3.8, 4) is 11.5 Å². The van der Waals surface area contributed by atoms with E-state index in [1.165, 1.54) is 22.6 Å². The molecule has 0 bridgehead atoms. The fourth-order valence-electron chi connectivity index (χ4n) is 0.811. The molecule has 0 atom stereocenters. The van der Waals surface area contributed by atoms with Crippen LogP contribution in [0, 0.1) is 3.57 Å². The Hall–Kier alpha value is -0.770. The Balaban J connectivity index is 3.27. The average molecular weight is 367 g/mol. The summed E-state index contributed by atoms with van der Waals surface area (Å²) in [6.07, 6.45) is -4.33. The number of rotatable bonds is 2. The number of carbonyl (C=O) groups is 1. The van der Waals surface area contributed by atoms with Crippen LogP contribution in [0.3, 0.4) is 0 Å². The van der Waals surface area contributed by atoms with Crippen molar-refractivity contribution >= 4 is 39.4 Å². The monoisotopic (exact) mass is 367 g/mol. The fraction of sp³-hybridized carbons (Fsp3) is 0.143. The van der Waals surface area contributed by atoms with Gasteiger partial charge < -0.3 is 9.84 Å². The minimum atomic E-state index is -4.98. The van der Waals surface area contributed by atoms with Crippen LogP contribution in [0.4, 0.5) is 13.2 Å². The second kappa shape index (κ2) is 4.62. The second-order valence-electron chi connectivity index (χ2n) is 2.46. The molecule has 0 aliphatic rings. The first kappa shape index (κ1) is 13.3. The van der Waals surface area contributed by atoms with Gasteiger partial charge in [0.15, 0.2) is 11.5 Å². The summed E-state index contributed by atoms with van der Waals surface area (Å²) >= 11 is 6.45. The van der Waals surface area contributed by atoms with Gasteiger partial charge in [0.1, 0.15) is 5.69 Å². The van der Waals surface area contributed by atoms with Gasteiger partial charge in [0.2, 0.25) is 0 Å². The molecular weight excluding hydrogens is 365 g/mol. The summed E-state index contributed by atoms with van der Waals surface area (Å²) in [6, 6.07) is 0. The Morgan fingerprint density at radius 3 is 2.56 bits per heavy atom. The van der Waals surface area contributed by atoms with Crippen LogP contribution in [0.25, 0.3) is 0 Å². The molecule has 0 radical (unpaired) electrons. The van der Waals surface area contributed by atoms with Gasteiger partial charge >= 0.3 is 6.36 Å². The largest absolute Gasteiger partial charge is 0.573 e. The van der Waals surface area contributed by atoms with E-state index in [0.29, 0.717) is 6.20 Å². The average Bonchev–Trinajstić information content (AvgIpc) is 2.10. The molecule has 1 N–H and O–H groups in total. The van der Waals surface area contributed by atoms with Crippen molar-refractivity contribution < 1.29 is 27.8 Å². The van der Waals surface area contributed by atoms with Gasteiger partial charge in [-0.05, 0) is 34.2 Å². The summed E-state index contributed by atoms with van der Waals surface area (Å²) in [5.74, 6) is -1.73. The van der Waals surface area contributed by atoms with E-state index in [2.05, 4.69) is 9.72 Å². The molecule has 1 aromatic rings. The van der Waals surface area contributed by atoms with Gasteiger partial charge in [0, 0.05) is 0 Å². The third-order valence-electron chi connectivity index (χ3n) is 1.36. The molecule has 0 aromatic carbocycles. The lowest BCUT2D eigenvalue weighted by Crippen LogP contribution is -2.18. The van der Waals surface area contributed by atoms with Gasteiger partial charge in [-0.25, -0.2) is 4.98 Å². The van der Waals surface area contributed by atoms with Crippen molar-refractivity contribution in [2.24, 2.45) is 0 Å². The quantitative estimate of drug-likeness (QED) is 0.645.